The van der Waals surface area contributed by atoms with Crippen LogP contribution < -0.4 is 5.32 Å². The van der Waals surface area contributed by atoms with Crippen molar-refractivity contribution in [3.63, 3.8) is 0 Å². The van der Waals surface area contributed by atoms with E-state index < -0.39 is 0 Å². The van der Waals surface area contributed by atoms with Crippen molar-refractivity contribution in [2.24, 2.45) is 0 Å². The van der Waals surface area contributed by atoms with E-state index in [0.29, 0.717) is 18.7 Å². The van der Waals surface area contributed by atoms with Crippen molar-refractivity contribution < 1.29 is 9.59 Å². The molecule has 2 rings (SSSR count). The maximum Gasteiger partial charge on any atom is 0.256 e. The first-order valence-corrected chi connectivity index (χ1v) is 5.70. The molecule has 2 amide bonds. The summed E-state index contributed by atoms with van der Waals surface area (Å²) < 4.78 is 0. The SMILES string of the molecule is O=C1CN(C(=O)c2cnc(Cl)c(Cl)c2)CCN1. The summed E-state index contributed by atoms with van der Waals surface area (Å²) in [6, 6.07) is 1.45. The molecular formula is C10H9Cl2N3O2. The fourth-order valence-electron chi connectivity index (χ4n) is 1.53. The Hall–Kier alpha value is -1.33. The summed E-state index contributed by atoms with van der Waals surface area (Å²) in [5.41, 5.74) is 0.328. The molecule has 1 aliphatic rings. The van der Waals surface area contributed by atoms with Crippen LogP contribution in [0.25, 0.3) is 0 Å². The molecule has 1 aromatic heterocycles. The van der Waals surface area contributed by atoms with E-state index in [-0.39, 0.29) is 28.5 Å². The molecule has 5 nitrogen and oxygen atoms in total. The van der Waals surface area contributed by atoms with Gasteiger partial charge in [0.15, 0.2) is 0 Å². The Kier molecular flexibility index (Phi) is 3.49. The summed E-state index contributed by atoms with van der Waals surface area (Å²) in [4.78, 5) is 28.4. The summed E-state index contributed by atoms with van der Waals surface area (Å²) in [5.74, 6) is -0.441. The molecule has 90 valence electrons. The van der Waals surface area contributed by atoms with Crippen molar-refractivity contribution in [1.29, 1.82) is 0 Å². The highest BCUT2D eigenvalue weighted by atomic mass is 35.5. The fraction of sp³-hybridized carbons (Fsp3) is 0.300. The summed E-state index contributed by atoms with van der Waals surface area (Å²) in [5, 5.41) is 3.02. The highest BCUT2D eigenvalue weighted by Gasteiger charge is 2.22. The Morgan fingerprint density at radius 2 is 2.24 bits per heavy atom. The molecule has 0 atom stereocenters. The Labute approximate surface area is 108 Å². The molecule has 1 fully saturated rings. The van der Waals surface area contributed by atoms with Crippen LogP contribution in [0.15, 0.2) is 12.3 Å². The molecule has 0 saturated carbocycles. The van der Waals surface area contributed by atoms with Crippen molar-refractivity contribution in [2.75, 3.05) is 19.6 Å². The number of rotatable bonds is 1. The van der Waals surface area contributed by atoms with Crippen LogP contribution in [0.1, 0.15) is 10.4 Å². The molecule has 1 N–H and O–H groups in total. The van der Waals surface area contributed by atoms with E-state index in [1.165, 1.54) is 17.2 Å². The number of halogens is 2. The average Bonchev–Trinajstić information content (AvgIpc) is 2.32. The van der Waals surface area contributed by atoms with Crippen LogP contribution in [0.2, 0.25) is 10.2 Å². The highest BCUT2D eigenvalue weighted by Crippen LogP contribution is 2.20. The lowest BCUT2D eigenvalue weighted by Gasteiger charge is -2.26. The van der Waals surface area contributed by atoms with Crippen molar-refractivity contribution >= 4 is 35.0 Å². The smallest absolute Gasteiger partial charge is 0.256 e. The Balaban J connectivity index is 2.18. The van der Waals surface area contributed by atoms with Crippen molar-refractivity contribution in [1.82, 2.24) is 15.2 Å². The number of hydrogen-bond acceptors (Lipinski definition) is 3. The molecule has 1 aliphatic heterocycles. The molecule has 1 aromatic rings. The van der Waals surface area contributed by atoms with E-state index in [4.69, 9.17) is 23.2 Å². The van der Waals surface area contributed by atoms with Gasteiger partial charge in [-0.25, -0.2) is 4.98 Å². The first kappa shape index (κ1) is 12.1. The lowest BCUT2D eigenvalue weighted by molar-refractivity contribution is -0.123. The topological polar surface area (TPSA) is 62.3 Å². The second-order valence-corrected chi connectivity index (χ2v) is 4.34. The molecule has 0 bridgehead atoms. The third-order valence-corrected chi connectivity index (χ3v) is 3.05. The van der Waals surface area contributed by atoms with Gasteiger partial charge >= 0.3 is 0 Å². The zero-order chi connectivity index (χ0) is 12.4. The van der Waals surface area contributed by atoms with Gasteiger partial charge in [0.25, 0.3) is 5.91 Å². The van der Waals surface area contributed by atoms with Crippen LogP contribution in [0.3, 0.4) is 0 Å². The minimum Gasteiger partial charge on any atom is -0.353 e. The van der Waals surface area contributed by atoms with Crippen LogP contribution in [-0.4, -0.2) is 41.3 Å². The van der Waals surface area contributed by atoms with E-state index in [2.05, 4.69) is 10.3 Å². The zero-order valence-corrected chi connectivity index (χ0v) is 10.3. The van der Waals surface area contributed by atoms with Crippen molar-refractivity contribution in [3.8, 4) is 0 Å². The minimum atomic E-state index is -0.272. The van der Waals surface area contributed by atoms with E-state index >= 15 is 0 Å². The molecule has 2 heterocycles. The number of pyridine rings is 1. The predicted octanol–water partition coefficient (Wildman–Crippen LogP) is 0.960. The summed E-state index contributed by atoms with van der Waals surface area (Å²) >= 11 is 11.4. The molecule has 17 heavy (non-hydrogen) atoms. The number of piperazine rings is 1. The summed E-state index contributed by atoms with van der Waals surface area (Å²) in [6.45, 7) is 0.989. The molecule has 0 unspecified atom stereocenters. The van der Waals surface area contributed by atoms with Gasteiger partial charge in [-0.15, -0.1) is 0 Å². The maximum absolute atomic E-state index is 12.0. The molecule has 0 aromatic carbocycles. The quantitative estimate of drug-likeness (QED) is 0.776. The lowest BCUT2D eigenvalue weighted by atomic mass is 10.2. The van der Waals surface area contributed by atoms with Gasteiger partial charge in [0.05, 0.1) is 17.1 Å². The monoisotopic (exact) mass is 273 g/mol. The third kappa shape index (κ3) is 2.68. The largest absolute Gasteiger partial charge is 0.353 e. The van der Waals surface area contributed by atoms with Gasteiger partial charge in [-0.2, -0.15) is 0 Å². The average molecular weight is 274 g/mol. The van der Waals surface area contributed by atoms with Gasteiger partial charge in [0.2, 0.25) is 5.91 Å². The Bertz CT molecular complexity index is 479. The van der Waals surface area contributed by atoms with Crippen LogP contribution in [-0.2, 0) is 4.79 Å². The minimum absolute atomic E-state index is 0.0546. The number of aromatic nitrogens is 1. The second kappa shape index (κ2) is 4.89. The van der Waals surface area contributed by atoms with Crippen LogP contribution in [0.5, 0.6) is 0 Å². The number of carbonyl (C=O) groups is 2. The molecule has 1 saturated heterocycles. The standard InChI is InChI=1S/C10H9Cl2N3O2/c11-7-3-6(4-14-9(7)12)10(17)15-2-1-13-8(16)5-15/h3-4H,1-2,5H2,(H,13,16). The number of amides is 2. The van der Waals surface area contributed by atoms with Crippen LogP contribution in [0.4, 0.5) is 0 Å². The van der Waals surface area contributed by atoms with Gasteiger partial charge < -0.3 is 10.2 Å². The highest BCUT2D eigenvalue weighted by molar-refractivity contribution is 6.41. The van der Waals surface area contributed by atoms with Crippen LogP contribution in [0, 0.1) is 0 Å². The van der Waals surface area contributed by atoms with E-state index in [1.807, 2.05) is 0 Å². The van der Waals surface area contributed by atoms with E-state index in [0.717, 1.165) is 0 Å². The lowest BCUT2D eigenvalue weighted by Crippen LogP contribution is -2.49. The fourth-order valence-corrected chi connectivity index (χ4v) is 1.80. The van der Waals surface area contributed by atoms with Gasteiger partial charge in [0.1, 0.15) is 5.15 Å². The Morgan fingerprint density at radius 3 is 2.88 bits per heavy atom. The number of carbonyl (C=O) groups excluding carboxylic acids is 2. The van der Waals surface area contributed by atoms with Gasteiger partial charge in [-0.3, -0.25) is 9.59 Å². The zero-order valence-electron chi connectivity index (χ0n) is 8.74. The normalized spacial score (nSPS) is 15.6. The molecule has 7 heteroatoms. The molecule has 0 spiro atoms. The first-order chi connectivity index (χ1) is 8.08. The maximum atomic E-state index is 12.0. The van der Waals surface area contributed by atoms with Gasteiger partial charge in [-0.05, 0) is 6.07 Å². The predicted molar refractivity (Wildman–Crippen MR) is 63.2 cm³/mol. The Morgan fingerprint density at radius 1 is 1.47 bits per heavy atom. The van der Waals surface area contributed by atoms with E-state index in [9.17, 15) is 9.59 Å². The number of nitrogens with one attached hydrogen (secondary N) is 1. The molecule has 0 aliphatic carbocycles. The number of hydrogen-bond donors (Lipinski definition) is 1. The summed E-state index contributed by atoms with van der Waals surface area (Å²) in [7, 11) is 0. The second-order valence-electron chi connectivity index (χ2n) is 3.57. The van der Waals surface area contributed by atoms with Crippen LogP contribution >= 0.6 is 23.2 Å². The van der Waals surface area contributed by atoms with E-state index in [1.54, 1.807) is 0 Å². The third-order valence-electron chi connectivity index (χ3n) is 2.37. The van der Waals surface area contributed by atoms with Gasteiger partial charge in [0, 0.05) is 19.3 Å². The number of nitrogens with zero attached hydrogens (tertiary/aromatic N) is 2. The van der Waals surface area contributed by atoms with Crippen molar-refractivity contribution in [3.05, 3.63) is 28.0 Å². The molecule has 0 radical (unpaired) electrons. The van der Waals surface area contributed by atoms with Gasteiger partial charge in [-0.1, -0.05) is 23.2 Å². The first-order valence-electron chi connectivity index (χ1n) is 4.95. The van der Waals surface area contributed by atoms with Crippen molar-refractivity contribution in [2.45, 2.75) is 0 Å². The molecular weight excluding hydrogens is 265 g/mol. The summed E-state index contributed by atoms with van der Waals surface area (Å²) in [6.07, 6.45) is 1.35.